The van der Waals surface area contributed by atoms with Gasteiger partial charge in [0, 0.05) is 18.5 Å². The fourth-order valence-corrected chi connectivity index (χ4v) is 2.84. The Morgan fingerprint density at radius 2 is 2.12 bits per heavy atom. The van der Waals surface area contributed by atoms with Gasteiger partial charge in [0.1, 0.15) is 5.75 Å². The van der Waals surface area contributed by atoms with Crippen molar-refractivity contribution in [1.82, 2.24) is 5.32 Å². The Labute approximate surface area is 139 Å². The summed E-state index contributed by atoms with van der Waals surface area (Å²) in [6, 6.07) is 5.91. The highest BCUT2D eigenvalue weighted by Crippen LogP contribution is 2.51. The van der Waals surface area contributed by atoms with Crippen molar-refractivity contribution in [3.05, 3.63) is 29.8 Å². The number of ether oxygens (including phenoxy) is 1. The van der Waals surface area contributed by atoms with Crippen LogP contribution in [0.3, 0.4) is 0 Å². The first kappa shape index (κ1) is 18.6. The van der Waals surface area contributed by atoms with Crippen molar-refractivity contribution in [2.45, 2.75) is 50.9 Å². The number of carbonyl (C=O) groups excluding carboxylic acids is 1. The van der Waals surface area contributed by atoms with Crippen LogP contribution in [-0.4, -0.2) is 24.9 Å². The molecule has 3 unspecified atom stereocenters. The molecule has 134 valence electrons. The molecule has 1 aliphatic carbocycles. The summed E-state index contributed by atoms with van der Waals surface area (Å²) in [6.07, 6.45) is -1.42. The molecule has 0 aliphatic heterocycles. The molecule has 1 aromatic rings. The van der Waals surface area contributed by atoms with E-state index in [0.29, 0.717) is 18.5 Å². The number of nitrogens with two attached hydrogens (primary N) is 1. The molecule has 1 amide bonds. The molecule has 0 saturated heterocycles. The molecule has 1 fully saturated rings. The van der Waals surface area contributed by atoms with Gasteiger partial charge < -0.3 is 15.8 Å². The number of hydrogen-bond acceptors (Lipinski definition) is 3. The van der Waals surface area contributed by atoms with Gasteiger partial charge in [0.25, 0.3) is 0 Å². The number of carbonyl (C=O) groups is 1. The second-order valence-corrected chi connectivity index (χ2v) is 6.12. The maximum atomic E-state index is 12.5. The van der Waals surface area contributed by atoms with Crippen LogP contribution in [0.5, 0.6) is 5.75 Å². The second kappa shape index (κ2) is 7.88. The molecule has 3 N–H and O–H groups in total. The van der Waals surface area contributed by atoms with E-state index in [0.717, 1.165) is 19.3 Å². The first-order chi connectivity index (χ1) is 11.4. The Hall–Kier alpha value is -1.76. The molecule has 24 heavy (non-hydrogen) atoms. The van der Waals surface area contributed by atoms with E-state index in [1.165, 1.54) is 12.1 Å². The Morgan fingerprint density at radius 3 is 2.75 bits per heavy atom. The van der Waals surface area contributed by atoms with Gasteiger partial charge in [0.2, 0.25) is 5.91 Å². The van der Waals surface area contributed by atoms with E-state index in [1.54, 1.807) is 12.1 Å². The molecule has 7 heteroatoms. The minimum atomic E-state index is -4.74. The lowest BCUT2D eigenvalue weighted by molar-refractivity contribution is -0.274. The van der Waals surface area contributed by atoms with E-state index < -0.39 is 6.36 Å². The number of amides is 1. The van der Waals surface area contributed by atoms with E-state index in [4.69, 9.17) is 5.73 Å². The van der Waals surface area contributed by atoms with Crippen LogP contribution in [0, 0.1) is 5.92 Å². The average molecular weight is 344 g/mol. The number of para-hydroxylation sites is 1. The molecule has 1 aliphatic rings. The van der Waals surface area contributed by atoms with E-state index in [-0.39, 0.29) is 29.5 Å². The molecule has 0 radical (unpaired) electrons. The van der Waals surface area contributed by atoms with Crippen molar-refractivity contribution >= 4 is 5.91 Å². The third-order valence-corrected chi connectivity index (χ3v) is 4.21. The van der Waals surface area contributed by atoms with Crippen LogP contribution in [0.4, 0.5) is 13.2 Å². The quantitative estimate of drug-likeness (QED) is 0.760. The van der Waals surface area contributed by atoms with Gasteiger partial charge >= 0.3 is 6.36 Å². The van der Waals surface area contributed by atoms with Crippen molar-refractivity contribution in [3.63, 3.8) is 0 Å². The molecule has 1 aromatic carbocycles. The van der Waals surface area contributed by atoms with Gasteiger partial charge in [-0.05, 0) is 30.4 Å². The Balaban J connectivity index is 1.98. The van der Waals surface area contributed by atoms with Gasteiger partial charge in [0.05, 0.1) is 0 Å². The summed E-state index contributed by atoms with van der Waals surface area (Å²) in [4.78, 5) is 12.3. The van der Waals surface area contributed by atoms with Crippen molar-refractivity contribution < 1.29 is 22.7 Å². The highest BCUT2D eigenvalue weighted by atomic mass is 19.4. The maximum Gasteiger partial charge on any atom is 0.573 e. The SMILES string of the molecule is CCCCC(CN)NC(=O)C1CC1c1ccccc1OC(F)(F)F. The van der Waals surface area contributed by atoms with Crippen LogP contribution in [0.25, 0.3) is 0 Å². The molecule has 0 bridgehead atoms. The predicted octanol–water partition coefficient (Wildman–Crippen LogP) is 3.32. The fraction of sp³-hybridized carbons (Fsp3) is 0.588. The van der Waals surface area contributed by atoms with Crippen molar-refractivity contribution in [2.24, 2.45) is 11.7 Å². The molecular weight excluding hydrogens is 321 g/mol. The summed E-state index contributed by atoms with van der Waals surface area (Å²) in [7, 11) is 0. The molecule has 1 saturated carbocycles. The van der Waals surface area contributed by atoms with Gasteiger partial charge in [0.15, 0.2) is 0 Å². The minimum Gasteiger partial charge on any atom is -0.405 e. The summed E-state index contributed by atoms with van der Waals surface area (Å²) in [6.45, 7) is 2.42. The molecule has 2 rings (SSSR count). The van der Waals surface area contributed by atoms with Crippen LogP contribution < -0.4 is 15.8 Å². The smallest absolute Gasteiger partial charge is 0.405 e. The van der Waals surface area contributed by atoms with Crippen LogP contribution in [0.1, 0.15) is 44.1 Å². The van der Waals surface area contributed by atoms with Crippen LogP contribution in [0.15, 0.2) is 24.3 Å². The number of hydrogen-bond donors (Lipinski definition) is 2. The highest BCUT2D eigenvalue weighted by molar-refractivity contribution is 5.83. The van der Waals surface area contributed by atoms with Crippen LogP contribution in [0.2, 0.25) is 0 Å². The topological polar surface area (TPSA) is 64.3 Å². The maximum absolute atomic E-state index is 12.5. The van der Waals surface area contributed by atoms with Crippen LogP contribution in [-0.2, 0) is 4.79 Å². The molecule has 3 atom stereocenters. The predicted molar refractivity (Wildman–Crippen MR) is 84.5 cm³/mol. The summed E-state index contributed by atoms with van der Waals surface area (Å²) < 4.78 is 41.5. The first-order valence-electron chi connectivity index (χ1n) is 8.20. The zero-order chi connectivity index (χ0) is 17.7. The summed E-state index contributed by atoms with van der Waals surface area (Å²) in [5.41, 5.74) is 6.09. The molecular formula is C17H23F3N2O2. The number of halogens is 3. The van der Waals surface area contributed by atoms with Gasteiger partial charge in [-0.15, -0.1) is 13.2 Å². The number of benzene rings is 1. The largest absolute Gasteiger partial charge is 0.573 e. The van der Waals surface area contributed by atoms with E-state index in [1.807, 2.05) is 0 Å². The van der Waals surface area contributed by atoms with E-state index in [9.17, 15) is 18.0 Å². The number of unbranched alkanes of at least 4 members (excludes halogenated alkanes) is 1. The summed E-state index contributed by atoms with van der Waals surface area (Å²) in [5.74, 6) is -0.938. The zero-order valence-corrected chi connectivity index (χ0v) is 13.6. The lowest BCUT2D eigenvalue weighted by atomic mass is 10.1. The minimum absolute atomic E-state index is 0.0830. The Kier molecular flexibility index (Phi) is 6.10. The molecule has 4 nitrogen and oxygen atoms in total. The Bertz CT molecular complexity index is 563. The number of nitrogens with one attached hydrogen (secondary N) is 1. The Morgan fingerprint density at radius 1 is 1.42 bits per heavy atom. The van der Waals surface area contributed by atoms with Crippen molar-refractivity contribution in [2.75, 3.05) is 6.54 Å². The number of alkyl halides is 3. The third kappa shape index (κ3) is 5.12. The second-order valence-electron chi connectivity index (χ2n) is 6.12. The van der Waals surface area contributed by atoms with Gasteiger partial charge in [-0.1, -0.05) is 38.0 Å². The van der Waals surface area contributed by atoms with Crippen molar-refractivity contribution in [1.29, 1.82) is 0 Å². The number of rotatable bonds is 8. The van der Waals surface area contributed by atoms with Gasteiger partial charge in [-0.2, -0.15) is 0 Å². The molecule has 0 aromatic heterocycles. The fourth-order valence-electron chi connectivity index (χ4n) is 2.84. The van der Waals surface area contributed by atoms with Gasteiger partial charge in [-0.25, -0.2) is 0 Å². The van der Waals surface area contributed by atoms with Crippen molar-refractivity contribution in [3.8, 4) is 5.75 Å². The lowest BCUT2D eigenvalue weighted by Crippen LogP contribution is -2.41. The van der Waals surface area contributed by atoms with Crippen LogP contribution >= 0.6 is 0 Å². The molecule has 0 spiro atoms. The zero-order valence-electron chi connectivity index (χ0n) is 13.6. The summed E-state index contributed by atoms with van der Waals surface area (Å²) in [5, 5.41) is 2.90. The highest BCUT2D eigenvalue weighted by Gasteiger charge is 2.46. The lowest BCUT2D eigenvalue weighted by Gasteiger charge is -2.17. The normalized spacial score (nSPS) is 21.2. The van der Waals surface area contributed by atoms with E-state index >= 15 is 0 Å². The molecule has 0 heterocycles. The standard InChI is InChI=1S/C17H23F3N2O2/c1-2-3-6-11(10-21)22-16(23)14-9-13(14)12-7-4-5-8-15(12)24-17(18,19)20/h4-5,7-8,11,13-14H,2-3,6,9-10,21H2,1H3,(H,22,23). The van der Waals surface area contributed by atoms with E-state index in [2.05, 4.69) is 17.0 Å². The average Bonchev–Trinajstić information content (AvgIpc) is 3.30. The van der Waals surface area contributed by atoms with Gasteiger partial charge in [-0.3, -0.25) is 4.79 Å². The first-order valence-corrected chi connectivity index (χ1v) is 8.20. The monoisotopic (exact) mass is 344 g/mol. The summed E-state index contributed by atoms with van der Waals surface area (Å²) >= 11 is 0. The third-order valence-electron chi connectivity index (χ3n) is 4.21.